The average Bonchev–Trinajstić information content (AvgIpc) is 3.18. The van der Waals surface area contributed by atoms with Crippen LogP contribution in [0.2, 0.25) is 0 Å². The molecule has 2 nitrogen and oxygen atoms in total. The summed E-state index contributed by atoms with van der Waals surface area (Å²) < 4.78 is 2.07. The second-order valence-electron chi connectivity index (χ2n) is 6.63. The Morgan fingerprint density at radius 3 is 2.00 bits per heavy atom. The highest BCUT2D eigenvalue weighted by Gasteiger charge is 2.18. The van der Waals surface area contributed by atoms with Crippen molar-refractivity contribution in [3.63, 3.8) is 0 Å². The Kier molecular flexibility index (Phi) is 3.36. The molecule has 0 atom stereocenters. The minimum atomic E-state index is 1.13. The summed E-state index contributed by atoms with van der Waals surface area (Å²) >= 11 is 0. The maximum absolute atomic E-state index is 4.63. The van der Waals surface area contributed by atoms with Crippen LogP contribution >= 0.6 is 0 Å². The molecule has 0 radical (unpaired) electrons. The number of hydrogen-bond donors (Lipinski definition) is 0. The van der Waals surface area contributed by atoms with Crippen molar-refractivity contribution in [1.82, 2.24) is 9.61 Å². The van der Waals surface area contributed by atoms with E-state index in [1.807, 2.05) is 6.20 Å². The molecule has 0 aliphatic rings. The summed E-state index contributed by atoms with van der Waals surface area (Å²) in [5.74, 6) is 0. The van der Waals surface area contributed by atoms with E-state index in [2.05, 4.69) is 101 Å². The number of aryl methyl sites for hydroxylation is 1. The van der Waals surface area contributed by atoms with Crippen LogP contribution in [0.3, 0.4) is 0 Å². The molecule has 124 valence electrons. The molecule has 3 aromatic carbocycles. The molecule has 2 heterocycles. The fourth-order valence-electron chi connectivity index (χ4n) is 3.78. The number of rotatable bonds is 2. The highest BCUT2D eigenvalue weighted by molar-refractivity contribution is 6.08. The van der Waals surface area contributed by atoms with Gasteiger partial charge < -0.3 is 0 Å². The minimum absolute atomic E-state index is 1.13. The summed E-state index contributed by atoms with van der Waals surface area (Å²) in [6.45, 7) is 2.13. The third-order valence-electron chi connectivity index (χ3n) is 4.92. The van der Waals surface area contributed by atoms with Gasteiger partial charge in [-0.25, -0.2) is 4.52 Å². The van der Waals surface area contributed by atoms with Gasteiger partial charge in [0.1, 0.15) is 0 Å². The zero-order valence-corrected chi connectivity index (χ0v) is 14.6. The summed E-state index contributed by atoms with van der Waals surface area (Å²) in [6.07, 6.45) is 1.89. The van der Waals surface area contributed by atoms with E-state index in [0.717, 1.165) is 11.0 Å². The van der Waals surface area contributed by atoms with Gasteiger partial charge in [-0.3, -0.25) is 0 Å². The number of fused-ring (bicyclic) bond motifs is 3. The Bertz CT molecular complexity index is 1220. The second-order valence-corrected chi connectivity index (χ2v) is 6.63. The lowest BCUT2D eigenvalue weighted by Gasteiger charge is -2.17. The molecule has 0 aliphatic heterocycles. The normalized spacial score (nSPS) is 11.3. The van der Waals surface area contributed by atoms with Crippen LogP contribution in [0.5, 0.6) is 0 Å². The topological polar surface area (TPSA) is 17.3 Å². The Morgan fingerprint density at radius 1 is 0.654 bits per heavy atom. The van der Waals surface area contributed by atoms with E-state index >= 15 is 0 Å². The highest BCUT2D eigenvalue weighted by atomic mass is 15.2. The molecule has 5 aromatic rings. The number of hydrogen-bond acceptors (Lipinski definition) is 1. The second kappa shape index (κ2) is 5.85. The Hall–Kier alpha value is -3.39. The average molecular weight is 334 g/mol. The van der Waals surface area contributed by atoms with E-state index in [1.165, 1.54) is 33.2 Å². The third kappa shape index (κ3) is 2.23. The van der Waals surface area contributed by atoms with Crippen molar-refractivity contribution in [2.75, 3.05) is 0 Å². The fraction of sp³-hybridized carbons (Fsp3) is 0.0417. The first kappa shape index (κ1) is 14.9. The van der Waals surface area contributed by atoms with Gasteiger partial charge >= 0.3 is 0 Å². The molecule has 0 spiro atoms. The van der Waals surface area contributed by atoms with Crippen molar-refractivity contribution >= 4 is 16.4 Å². The van der Waals surface area contributed by atoms with Crippen LogP contribution in [0, 0.1) is 6.92 Å². The van der Waals surface area contributed by atoms with E-state index in [9.17, 15) is 0 Å². The van der Waals surface area contributed by atoms with Crippen molar-refractivity contribution in [2.45, 2.75) is 6.92 Å². The molecule has 2 heteroatoms. The SMILES string of the molecule is Cc1ccc2c(-c3ccccc3)c(-c3ccccc3)c3ccnn3c2c1. The smallest absolute Gasteiger partial charge is 0.0753 e. The summed E-state index contributed by atoms with van der Waals surface area (Å²) in [4.78, 5) is 0. The molecule has 0 N–H and O–H groups in total. The van der Waals surface area contributed by atoms with Crippen LogP contribution in [0.15, 0.2) is 91.1 Å². The molecule has 0 fully saturated rings. The van der Waals surface area contributed by atoms with E-state index in [-0.39, 0.29) is 0 Å². The lowest BCUT2D eigenvalue weighted by atomic mass is 9.90. The lowest BCUT2D eigenvalue weighted by Crippen LogP contribution is -1.97. The monoisotopic (exact) mass is 334 g/mol. The molecule has 0 unspecified atom stereocenters. The number of benzene rings is 3. The quantitative estimate of drug-likeness (QED) is 0.379. The molecule has 0 amide bonds. The van der Waals surface area contributed by atoms with Crippen molar-refractivity contribution in [3.8, 4) is 22.3 Å². The van der Waals surface area contributed by atoms with E-state index in [0.29, 0.717) is 0 Å². The molecular weight excluding hydrogens is 316 g/mol. The summed E-state index contributed by atoms with van der Waals surface area (Å²) in [6, 6.07) is 30.0. The van der Waals surface area contributed by atoms with Gasteiger partial charge in [0.15, 0.2) is 0 Å². The number of pyridine rings is 1. The van der Waals surface area contributed by atoms with Crippen LogP contribution in [0.1, 0.15) is 5.56 Å². The molecule has 0 aliphatic carbocycles. The summed E-state index contributed by atoms with van der Waals surface area (Å²) in [5.41, 5.74) is 8.44. The first-order valence-electron chi connectivity index (χ1n) is 8.84. The summed E-state index contributed by atoms with van der Waals surface area (Å²) in [7, 11) is 0. The maximum atomic E-state index is 4.63. The van der Waals surface area contributed by atoms with Gasteiger partial charge in [0.2, 0.25) is 0 Å². The van der Waals surface area contributed by atoms with Gasteiger partial charge in [-0.2, -0.15) is 5.10 Å². The molecule has 0 saturated carbocycles. The number of aromatic nitrogens is 2. The Balaban J connectivity index is 2.04. The van der Waals surface area contributed by atoms with Crippen LogP contribution in [-0.4, -0.2) is 9.61 Å². The number of nitrogens with zero attached hydrogens (tertiary/aromatic N) is 2. The zero-order chi connectivity index (χ0) is 17.5. The van der Waals surface area contributed by atoms with Gasteiger partial charge in [0.25, 0.3) is 0 Å². The molecule has 0 bridgehead atoms. The van der Waals surface area contributed by atoms with Gasteiger partial charge in [-0.05, 0) is 35.7 Å². The highest BCUT2D eigenvalue weighted by Crippen LogP contribution is 2.41. The standard InChI is InChI=1S/C24H18N2/c1-17-12-13-20-22(16-17)26-21(14-15-25-26)24(19-10-6-3-7-11-19)23(20)18-8-4-2-5-9-18/h2-16H,1H3. The molecule has 0 saturated heterocycles. The first-order chi connectivity index (χ1) is 12.8. The van der Waals surface area contributed by atoms with Gasteiger partial charge in [-0.15, -0.1) is 0 Å². The first-order valence-corrected chi connectivity index (χ1v) is 8.84. The van der Waals surface area contributed by atoms with Gasteiger partial charge in [-0.1, -0.05) is 72.8 Å². The largest absolute Gasteiger partial charge is 0.232 e. The predicted octanol–water partition coefficient (Wildman–Crippen LogP) is 6.13. The molecular formula is C24H18N2. The maximum Gasteiger partial charge on any atom is 0.0753 e. The molecule has 26 heavy (non-hydrogen) atoms. The van der Waals surface area contributed by atoms with Crippen molar-refractivity contribution in [3.05, 3.63) is 96.7 Å². The van der Waals surface area contributed by atoms with E-state index in [4.69, 9.17) is 0 Å². The van der Waals surface area contributed by atoms with E-state index < -0.39 is 0 Å². The van der Waals surface area contributed by atoms with Crippen molar-refractivity contribution in [1.29, 1.82) is 0 Å². The summed E-state index contributed by atoms with van der Waals surface area (Å²) in [5, 5.41) is 5.84. The van der Waals surface area contributed by atoms with Crippen LogP contribution in [-0.2, 0) is 0 Å². The third-order valence-corrected chi connectivity index (χ3v) is 4.92. The Labute approximate surface area is 152 Å². The minimum Gasteiger partial charge on any atom is -0.232 e. The van der Waals surface area contributed by atoms with Crippen molar-refractivity contribution in [2.24, 2.45) is 0 Å². The zero-order valence-electron chi connectivity index (χ0n) is 14.6. The van der Waals surface area contributed by atoms with Crippen LogP contribution in [0.4, 0.5) is 0 Å². The fourth-order valence-corrected chi connectivity index (χ4v) is 3.78. The van der Waals surface area contributed by atoms with Crippen LogP contribution in [0.25, 0.3) is 38.7 Å². The van der Waals surface area contributed by atoms with Gasteiger partial charge in [0, 0.05) is 16.5 Å². The molecule has 2 aromatic heterocycles. The predicted molar refractivity (Wildman–Crippen MR) is 108 cm³/mol. The Morgan fingerprint density at radius 2 is 1.31 bits per heavy atom. The van der Waals surface area contributed by atoms with Crippen LogP contribution < -0.4 is 0 Å². The lowest BCUT2D eigenvalue weighted by molar-refractivity contribution is 1.00. The van der Waals surface area contributed by atoms with Gasteiger partial charge in [0.05, 0.1) is 17.2 Å². The van der Waals surface area contributed by atoms with Crippen molar-refractivity contribution < 1.29 is 0 Å². The molecule has 5 rings (SSSR count). The van der Waals surface area contributed by atoms with E-state index in [1.54, 1.807) is 0 Å².